The van der Waals surface area contributed by atoms with Gasteiger partial charge >= 0.3 is 0 Å². The van der Waals surface area contributed by atoms with Gasteiger partial charge in [0, 0.05) is 19.0 Å². The smallest absolute Gasteiger partial charge is 0.0347 e. The second kappa shape index (κ2) is 3.63. The molecule has 0 saturated carbocycles. The Kier molecular flexibility index (Phi) is 1.13. The number of benzene rings is 1. The fraction of sp³-hybridized carbons (Fsp3) is 0.333. The maximum Gasteiger partial charge on any atom is 0.0347 e. The molecule has 1 rings (SSSR count). The molecule has 0 aromatic heterocycles. The molecule has 0 heterocycles. The fourth-order valence-electron chi connectivity index (χ4n) is 0.668. The Hall–Kier alpha value is 0.0500. The van der Waals surface area contributed by atoms with Gasteiger partial charge in [-0.1, -0.05) is 19.8 Å². The van der Waals surface area contributed by atoms with Gasteiger partial charge in [0.25, 0.3) is 0 Å². The van der Waals surface area contributed by atoms with Crippen LogP contribution in [0.3, 0.4) is 0 Å². The van der Waals surface area contributed by atoms with Gasteiger partial charge in [0.15, 0.2) is 0 Å². The largest absolute Gasteiger partial charge is 0.142 e. The zero-order valence-corrected chi connectivity index (χ0v) is 8.04. The van der Waals surface area contributed by atoms with E-state index in [1.165, 1.54) is 18.2 Å². The van der Waals surface area contributed by atoms with Crippen molar-refractivity contribution in [1.82, 2.24) is 0 Å². The first kappa shape index (κ1) is 3.43. The summed E-state index contributed by atoms with van der Waals surface area (Å²) in [6.07, 6.45) is 0. The Morgan fingerprint density at radius 3 is 2.91 bits per heavy atom. The van der Waals surface area contributed by atoms with Crippen molar-refractivity contribution in [3.8, 4) is 0 Å². The van der Waals surface area contributed by atoms with E-state index in [0.29, 0.717) is 9.37 Å². The molecule has 2 heteroatoms. The highest BCUT2D eigenvalue weighted by Gasteiger charge is 2.00. The third kappa shape index (κ3) is 2.24. The normalized spacial score (nSPS) is 23.3. The SMILES string of the molecule is [2H]C([2H])([2H])C([2H])(c1ccc(Br)c(S)c1)C([2H])([2H])[2H]. The summed E-state index contributed by atoms with van der Waals surface area (Å²) in [7, 11) is 0. The molecule has 60 valence electrons. The zero-order valence-electron chi connectivity index (χ0n) is 12.6. The molecule has 0 aliphatic heterocycles. The number of thiol groups is 1. The van der Waals surface area contributed by atoms with Gasteiger partial charge in [0.05, 0.1) is 0 Å². The molecule has 0 unspecified atom stereocenters. The number of hydrogen-bond donors (Lipinski definition) is 1. The van der Waals surface area contributed by atoms with Crippen molar-refractivity contribution in [1.29, 1.82) is 0 Å². The van der Waals surface area contributed by atoms with Gasteiger partial charge < -0.3 is 0 Å². The molecule has 0 bridgehead atoms. The average Bonchev–Trinajstić information content (AvgIpc) is 2.17. The van der Waals surface area contributed by atoms with Crippen LogP contribution in [0, 0.1) is 0 Å². The van der Waals surface area contributed by atoms with Crippen molar-refractivity contribution >= 4 is 28.6 Å². The van der Waals surface area contributed by atoms with Gasteiger partial charge in [0.1, 0.15) is 0 Å². The highest BCUT2D eigenvalue weighted by molar-refractivity contribution is 9.10. The van der Waals surface area contributed by atoms with Crippen LogP contribution in [0.15, 0.2) is 27.6 Å². The third-order valence-electron chi connectivity index (χ3n) is 1.23. The summed E-state index contributed by atoms with van der Waals surface area (Å²) in [5, 5.41) is 0. The van der Waals surface area contributed by atoms with Gasteiger partial charge in [-0.15, -0.1) is 12.6 Å². The van der Waals surface area contributed by atoms with Crippen LogP contribution in [0.1, 0.15) is 34.8 Å². The summed E-state index contributed by atoms with van der Waals surface area (Å²) in [6.45, 7) is -5.93. The van der Waals surface area contributed by atoms with E-state index in [9.17, 15) is 0 Å². The molecule has 0 aliphatic rings. The van der Waals surface area contributed by atoms with Crippen molar-refractivity contribution in [2.24, 2.45) is 0 Å². The molecule has 0 spiro atoms. The van der Waals surface area contributed by atoms with E-state index in [-0.39, 0.29) is 5.56 Å². The summed E-state index contributed by atoms with van der Waals surface area (Å²) in [6, 6.07) is 4.09. The quantitative estimate of drug-likeness (QED) is 0.705. The monoisotopic (exact) mass is 237 g/mol. The highest BCUT2D eigenvalue weighted by Crippen LogP contribution is 2.24. The molecule has 0 N–H and O–H groups in total. The van der Waals surface area contributed by atoms with Crippen LogP contribution in [-0.4, -0.2) is 0 Å². The van der Waals surface area contributed by atoms with Crippen LogP contribution in [0.25, 0.3) is 0 Å². The van der Waals surface area contributed by atoms with Crippen molar-refractivity contribution in [3.63, 3.8) is 0 Å². The lowest BCUT2D eigenvalue weighted by atomic mass is 10.0. The van der Waals surface area contributed by atoms with Crippen LogP contribution in [0.5, 0.6) is 0 Å². The van der Waals surface area contributed by atoms with E-state index in [2.05, 4.69) is 28.6 Å². The first-order chi connectivity index (χ1) is 7.91. The van der Waals surface area contributed by atoms with Crippen LogP contribution in [-0.2, 0) is 0 Å². The Bertz CT molecular complexity index is 437. The predicted molar refractivity (Wildman–Crippen MR) is 55.5 cm³/mol. The van der Waals surface area contributed by atoms with E-state index < -0.39 is 19.6 Å². The summed E-state index contributed by atoms with van der Waals surface area (Å²) in [4.78, 5) is 0.387. The minimum Gasteiger partial charge on any atom is -0.142 e. The van der Waals surface area contributed by atoms with E-state index in [1.807, 2.05) is 0 Å². The topological polar surface area (TPSA) is 0 Å². The number of hydrogen-bond acceptors (Lipinski definition) is 1. The Morgan fingerprint density at radius 1 is 1.64 bits per heavy atom. The second-order valence-corrected chi connectivity index (χ2v) is 3.38. The molecule has 0 amide bonds. The van der Waals surface area contributed by atoms with E-state index in [0.717, 1.165) is 0 Å². The molecule has 1 aromatic carbocycles. The minimum atomic E-state index is -2.97. The van der Waals surface area contributed by atoms with Crippen LogP contribution in [0.4, 0.5) is 0 Å². The minimum absolute atomic E-state index is 0.101. The second-order valence-electron chi connectivity index (χ2n) is 2.04. The van der Waals surface area contributed by atoms with E-state index in [4.69, 9.17) is 9.60 Å². The van der Waals surface area contributed by atoms with Gasteiger partial charge in [-0.2, -0.15) is 0 Å². The van der Waals surface area contributed by atoms with E-state index >= 15 is 0 Å². The van der Waals surface area contributed by atoms with Crippen LogP contribution >= 0.6 is 28.6 Å². The number of halogens is 1. The van der Waals surface area contributed by atoms with Gasteiger partial charge in [-0.3, -0.25) is 0 Å². The summed E-state index contributed by atoms with van der Waals surface area (Å²) in [5.41, 5.74) is -0.101. The Morgan fingerprint density at radius 2 is 2.36 bits per heavy atom. The lowest BCUT2D eigenvalue weighted by Crippen LogP contribution is -1.86. The van der Waals surface area contributed by atoms with Crippen LogP contribution in [0.2, 0.25) is 0 Å². The first-order valence-electron chi connectivity index (χ1n) is 6.40. The molecule has 0 aliphatic carbocycles. The van der Waals surface area contributed by atoms with E-state index in [1.54, 1.807) is 0 Å². The Balaban J connectivity index is 3.51. The first-order valence-corrected chi connectivity index (χ1v) is 4.14. The number of rotatable bonds is 1. The molecular weight excluding hydrogens is 220 g/mol. The fourth-order valence-corrected chi connectivity index (χ4v) is 1.13. The van der Waals surface area contributed by atoms with Crippen LogP contribution < -0.4 is 0 Å². The van der Waals surface area contributed by atoms with Crippen molar-refractivity contribution in [2.75, 3.05) is 0 Å². The van der Waals surface area contributed by atoms with Gasteiger partial charge in [-0.25, -0.2) is 0 Å². The maximum absolute atomic E-state index is 7.96. The molecular formula is C9H11BrS. The predicted octanol–water partition coefficient (Wildman–Crippen LogP) is 3.86. The average molecular weight is 238 g/mol. The third-order valence-corrected chi connectivity index (χ3v) is 2.60. The van der Waals surface area contributed by atoms with Crippen molar-refractivity contribution < 1.29 is 9.60 Å². The molecule has 0 radical (unpaired) electrons. The molecule has 0 fully saturated rings. The highest BCUT2D eigenvalue weighted by atomic mass is 79.9. The zero-order chi connectivity index (χ0) is 14.4. The Labute approximate surface area is 91.4 Å². The van der Waals surface area contributed by atoms with Crippen molar-refractivity contribution in [3.05, 3.63) is 28.2 Å². The summed E-state index contributed by atoms with van der Waals surface area (Å²) in [5.74, 6) is -2.67. The van der Waals surface area contributed by atoms with Gasteiger partial charge in [-0.05, 0) is 39.5 Å². The molecule has 1 aromatic rings. The standard InChI is InChI=1S/C9H11BrS/c1-6(2)7-3-4-8(10)9(11)5-7/h3-6,11H,1-2H3/i1D3,2D3,6D. The van der Waals surface area contributed by atoms with Gasteiger partial charge in [0.2, 0.25) is 0 Å². The maximum atomic E-state index is 7.96. The lowest BCUT2D eigenvalue weighted by molar-refractivity contribution is 0.861. The van der Waals surface area contributed by atoms with Crippen molar-refractivity contribution in [2.45, 2.75) is 24.5 Å². The lowest BCUT2D eigenvalue weighted by Gasteiger charge is -2.06. The molecule has 0 nitrogen and oxygen atoms in total. The summed E-state index contributed by atoms with van der Waals surface area (Å²) < 4.78 is 52.7. The molecule has 11 heavy (non-hydrogen) atoms. The molecule has 0 saturated heterocycles. The molecule has 0 atom stereocenters. The summed E-state index contributed by atoms with van der Waals surface area (Å²) >= 11 is 7.27.